The first kappa shape index (κ1) is 8.97. The fraction of sp³-hybridized carbons (Fsp3) is 0.0769. The normalized spacial score (nSPS) is 10.4. The fourth-order valence-electron chi connectivity index (χ4n) is 1.61. The van der Waals surface area contributed by atoms with Gasteiger partial charge in [0.25, 0.3) is 0 Å². The lowest BCUT2D eigenvalue weighted by atomic mass is 10.0. The molecule has 0 saturated carbocycles. The average molecular weight is 184 g/mol. The second-order valence-corrected chi connectivity index (χ2v) is 3.29. The summed E-state index contributed by atoms with van der Waals surface area (Å²) in [6.07, 6.45) is 0. The molecule has 0 aromatic heterocycles. The largest absolute Gasteiger partial charge is 0.392 e. The molecule has 2 aliphatic rings. The smallest absolute Gasteiger partial charge is 0.0682 e. The van der Waals surface area contributed by atoms with Crippen LogP contribution < -0.4 is 0 Å². The molecule has 0 bridgehead atoms. The molecule has 0 heterocycles. The van der Waals surface area contributed by atoms with E-state index in [4.69, 9.17) is 5.11 Å². The molecule has 14 heavy (non-hydrogen) atoms. The highest BCUT2D eigenvalue weighted by atomic mass is 16.3. The molecule has 0 fully saturated rings. The van der Waals surface area contributed by atoms with E-state index in [0.29, 0.717) is 0 Å². The van der Waals surface area contributed by atoms with Gasteiger partial charge < -0.3 is 5.11 Å². The van der Waals surface area contributed by atoms with Crippen LogP contribution in [0.2, 0.25) is 0 Å². The molecule has 70 valence electrons. The van der Waals surface area contributed by atoms with Crippen molar-refractivity contribution in [2.24, 2.45) is 0 Å². The predicted octanol–water partition coefficient (Wildman–Crippen LogP) is 2.80. The topological polar surface area (TPSA) is 20.2 Å². The second kappa shape index (κ2) is 3.64. The minimum absolute atomic E-state index is 0.0116. The zero-order valence-electron chi connectivity index (χ0n) is 7.90. The van der Waals surface area contributed by atoms with Crippen LogP contribution in [0.4, 0.5) is 0 Å². The van der Waals surface area contributed by atoms with Gasteiger partial charge in [0.2, 0.25) is 0 Å². The fourth-order valence-corrected chi connectivity index (χ4v) is 1.61. The van der Waals surface area contributed by atoms with Gasteiger partial charge in [-0.2, -0.15) is 0 Å². The Morgan fingerprint density at radius 1 is 1.07 bits per heavy atom. The van der Waals surface area contributed by atoms with E-state index in [2.05, 4.69) is 12.6 Å². The molecule has 0 spiro atoms. The first-order chi connectivity index (χ1) is 6.83. The van der Waals surface area contributed by atoms with Gasteiger partial charge in [-0.3, -0.25) is 0 Å². The Labute approximate surface area is 83.7 Å². The molecule has 0 aliphatic heterocycles. The van der Waals surface area contributed by atoms with E-state index >= 15 is 0 Å². The van der Waals surface area contributed by atoms with E-state index in [1.807, 2.05) is 36.4 Å². The number of aliphatic hydroxyl groups excluding tert-OH is 1. The molecule has 1 N–H and O–H groups in total. The Morgan fingerprint density at radius 2 is 1.86 bits per heavy atom. The van der Waals surface area contributed by atoms with Crippen LogP contribution in [0.1, 0.15) is 5.56 Å². The zero-order chi connectivity index (χ0) is 9.97. The van der Waals surface area contributed by atoms with Crippen LogP contribution in [0.5, 0.6) is 0 Å². The molecule has 0 amide bonds. The lowest BCUT2D eigenvalue weighted by molar-refractivity contribution is 0.350. The van der Waals surface area contributed by atoms with Gasteiger partial charge >= 0.3 is 0 Å². The van der Waals surface area contributed by atoms with Gasteiger partial charge in [-0.05, 0) is 22.3 Å². The Kier molecular flexibility index (Phi) is 2.33. The molecule has 0 unspecified atom stereocenters. The molecular formula is C13H12O. The van der Waals surface area contributed by atoms with Crippen molar-refractivity contribution in [1.29, 1.82) is 0 Å². The van der Waals surface area contributed by atoms with Crippen molar-refractivity contribution in [3.05, 3.63) is 54.6 Å². The molecule has 0 saturated heterocycles. The van der Waals surface area contributed by atoms with Gasteiger partial charge in [-0.15, -0.1) is 0 Å². The number of aliphatic hydroxyl groups is 1. The van der Waals surface area contributed by atoms with Crippen LogP contribution in [-0.4, -0.2) is 11.7 Å². The third kappa shape index (κ3) is 1.42. The third-order valence-electron chi connectivity index (χ3n) is 2.36. The Bertz CT molecular complexity index is 431. The minimum Gasteiger partial charge on any atom is -0.392 e. The van der Waals surface area contributed by atoms with Gasteiger partial charge in [-0.25, -0.2) is 0 Å². The summed E-state index contributed by atoms with van der Waals surface area (Å²) in [6.45, 7) is 3.85. The van der Waals surface area contributed by atoms with E-state index in [9.17, 15) is 0 Å². The van der Waals surface area contributed by atoms with E-state index in [1.165, 1.54) is 5.56 Å². The summed E-state index contributed by atoms with van der Waals surface area (Å²) >= 11 is 0. The van der Waals surface area contributed by atoms with Crippen molar-refractivity contribution in [3.63, 3.8) is 0 Å². The number of hydrogen-bond acceptors (Lipinski definition) is 1. The van der Waals surface area contributed by atoms with Crippen LogP contribution in [0.25, 0.3) is 16.7 Å². The van der Waals surface area contributed by atoms with Crippen molar-refractivity contribution in [3.8, 4) is 11.1 Å². The average Bonchev–Trinajstić information content (AvgIpc) is 2.46. The van der Waals surface area contributed by atoms with Crippen molar-refractivity contribution in [2.45, 2.75) is 0 Å². The van der Waals surface area contributed by atoms with E-state index < -0.39 is 0 Å². The van der Waals surface area contributed by atoms with Crippen LogP contribution >= 0.6 is 0 Å². The molecule has 1 heteroatoms. The van der Waals surface area contributed by atoms with Gasteiger partial charge in [0, 0.05) is 0 Å². The van der Waals surface area contributed by atoms with Crippen molar-refractivity contribution >= 4 is 5.57 Å². The monoisotopic (exact) mass is 184 g/mol. The maximum atomic E-state index is 9.03. The molecular weight excluding hydrogens is 172 g/mol. The van der Waals surface area contributed by atoms with Gasteiger partial charge in [0.1, 0.15) is 0 Å². The minimum atomic E-state index is 0.0116. The van der Waals surface area contributed by atoms with Crippen LogP contribution in [0, 0.1) is 0 Å². The van der Waals surface area contributed by atoms with E-state index in [-0.39, 0.29) is 6.61 Å². The van der Waals surface area contributed by atoms with Crippen molar-refractivity contribution < 1.29 is 5.11 Å². The summed E-state index contributed by atoms with van der Waals surface area (Å²) < 4.78 is 0. The highest BCUT2D eigenvalue weighted by Gasteiger charge is 2.08. The van der Waals surface area contributed by atoms with Crippen molar-refractivity contribution in [1.82, 2.24) is 0 Å². The summed E-state index contributed by atoms with van der Waals surface area (Å²) in [6, 6.07) is 14.2. The van der Waals surface area contributed by atoms with E-state index in [1.54, 1.807) is 0 Å². The standard InChI is InChI=1S/C13H12O/c1-10(9-14)12-8-7-11-5-3-2-4-6-13(11)12/h2-8,14H,1,9H2. The molecule has 0 aromatic rings. The van der Waals surface area contributed by atoms with Crippen LogP contribution in [0.3, 0.4) is 0 Å². The summed E-state index contributed by atoms with van der Waals surface area (Å²) in [5.74, 6) is 0. The first-order valence-electron chi connectivity index (χ1n) is 4.59. The maximum Gasteiger partial charge on any atom is 0.0682 e. The number of fused-ring (bicyclic) bond motifs is 1. The van der Waals surface area contributed by atoms with Gasteiger partial charge in [0.15, 0.2) is 0 Å². The summed E-state index contributed by atoms with van der Waals surface area (Å²) in [5.41, 5.74) is 4.14. The number of rotatable bonds is 2. The lowest BCUT2D eigenvalue weighted by Gasteiger charge is -2.01. The molecule has 2 aliphatic carbocycles. The predicted molar refractivity (Wildman–Crippen MR) is 59.2 cm³/mol. The SMILES string of the molecule is C=C(CO)c1ccc2cccccc1-2. The van der Waals surface area contributed by atoms with Crippen molar-refractivity contribution in [2.75, 3.05) is 6.61 Å². The zero-order valence-corrected chi connectivity index (χ0v) is 7.90. The quantitative estimate of drug-likeness (QED) is 0.760. The Morgan fingerprint density at radius 3 is 2.64 bits per heavy atom. The summed E-state index contributed by atoms with van der Waals surface area (Å²) in [5, 5.41) is 9.03. The highest BCUT2D eigenvalue weighted by molar-refractivity contribution is 5.83. The lowest BCUT2D eigenvalue weighted by Crippen LogP contribution is -1.86. The number of hydrogen-bond donors (Lipinski definition) is 1. The van der Waals surface area contributed by atoms with Crippen LogP contribution in [-0.2, 0) is 0 Å². The van der Waals surface area contributed by atoms with Gasteiger partial charge in [0.05, 0.1) is 6.61 Å². The third-order valence-corrected chi connectivity index (χ3v) is 2.36. The van der Waals surface area contributed by atoms with Gasteiger partial charge in [-0.1, -0.05) is 49.0 Å². The maximum absolute atomic E-state index is 9.03. The Hall–Kier alpha value is -1.60. The highest BCUT2D eigenvalue weighted by Crippen LogP contribution is 2.30. The van der Waals surface area contributed by atoms with Crippen LogP contribution in [0.15, 0.2) is 49.0 Å². The Balaban J connectivity index is 2.58. The molecule has 0 atom stereocenters. The second-order valence-electron chi connectivity index (χ2n) is 3.29. The molecule has 1 nitrogen and oxygen atoms in total. The summed E-state index contributed by atoms with van der Waals surface area (Å²) in [4.78, 5) is 0. The molecule has 0 aromatic carbocycles. The first-order valence-corrected chi connectivity index (χ1v) is 4.59. The summed E-state index contributed by atoms with van der Waals surface area (Å²) in [7, 11) is 0. The molecule has 2 rings (SSSR count). The molecule has 0 radical (unpaired) electrons. The van der Waals surface area contributed by atoms with E-state index in [0.717, 1.165) is 16.7 Å².